The number of nitrogens with zero attached hydrogens (tertiary/aromatic N) is 1. The molecule has 23 heavy (non-hydrogen) atoms. The van der Waals surface area contributed by atoms with E-state index in [0.29, 0.717) is 17.4 Å². The zero-order chi connectivity index (χ0) is 16.4. The normalized spacial score (nSPS) is 19.8. The summed E-state index contributed by atoms with van der Waals surface area (Å²) in [4.78, 5) is 16.2. The number of carbonyl (C=O) groups is 1. The lowest BCUT2D eigenvalue weighted by Gasteiger charge is -2.36. The molecule has 0 aliphatic heterocycles. The van der Waals surface area contributed by atoms with Crippen LogP contribution in [0.2, 0.25) is 10.2 Å². The van der Waals surface area contributed by atoms with Gasteiger partial charge < -0.3 is 10.1 Å². The van der Waals surface area contributed by atoms with E-state index in [1.807, 2.05) is 24.3 Å². The molecule has 1 amide bonds. The molecule has 6 heteroatoms. The van der Waals surface area contributed by atoms with Crippen molar-refractivity contribution < 1.29 is 9.53 Å². The molecule has 1 aliphatic rings. The highest BCUT2D eigenvalue weighted by atomic mass is 35.5. The highest BCUT2D eigenvalue weighted by molar-refractivity contribution is 6.30. The number of ether oxygens (including phenoxy) is 1. The van der Waals surface area contributed by atoms with Gasteiger partial charge >= 0.3 is 0 Å². The van der Waals surface area contributed by atoms with Gasteiger partial charge in [0.1, 0.15) is 5.15 Å². The molecule has 0 bridgehead atoms. The fourth-order valence-electron chi connectivity index (χ4n) is 2.72. The van der Waals surface area contributed by atoms with Gasteiger partial charge in [-0.1, -0.05) is 35.3 Å². The molecule has 1 heterocycles. The Balaban J connectivity index is 1.58. The van der Waals surface area contributed by atoms with Crippen LogP contribution in [0.4, 0.5) is 0 Å². The van der Waals surface area contributed by atoms with Crippen molar-refractivity contribution in [3.63, 3.8) is 0 Å². The minimum atomic E-state index is -0.160. The molecule has 1 aromatic carbocycles. The number of amides is 1. The maximum absolute atomic E-state index is 12.3. The summed E-state index contributed by atoms with van der Waals surface area (Å²) in [5.41, 5.74) is 1.71. The van der Waals surface area contributed by atoms with E-state index < -0.39 is 0 Å². The predicted molar refractivity (Wildman–Crippen MR) is 90.5 cm³/mol. The summed E-state index contributed by atoms with van der Waals surface area (Å²) in [6.45, 7) is 0. The molecular weight excluding hydrogens is 335 g/mol. The van der Waals surface area contributed by atoms with Crippen LogP contribution >= 0.6 is 23.2 Å². The fraction of sp³-hybridized carbons (Fsp3) is 0.294. The highest BCUT2D eigenvalue weighted by Gasteiger charge is 2.31. The summed E-state index contributed by atoms with van der Waals surface area (Å²) in [6, 6.07) is 11.2. The predicted octanol–water partition coefficient (Wildman–Crippen LogP) is 4.07. The number of rotatable bonds is 4. The van der Waals surface area contributed by atoms with Crippen LogP contribution in [0.3, 0.4) is 0 Å². The smallest absolute Gasteiger partial charge is 0.251 e. The number of nitrogens with one attached hydrogen (secondary N) is 1. The first-order chi connectivity index (χ1) is 11.0. The zero-order valence-corrected chi connectivity index (χ0v) is 14.1. The number of carbonyl (C=O) groups excluding carboxylic acids is 1. The van der Waals surface area contributed by atoms with Crippen molar-refractivity contribution >= 4 is 29.1 Å². The minimum Gasteiger partial charge on any atom is -0.481 e. The van der Waals surface area contributed by atoms with Gasteiger partial charge in [0.05, 0.1) is 7.11 Å². The number of hydrogen-bond donors (Lipinski definition) is 1. The molecule has 0 saturated heterocycles. The van der Waals surface area contributed by atoms with E-state index in [9.17, 15) is 4.79 Å². The molecule has 4 nitrogen and oxygen atoms in total. The molecule has 120 valence electrons. The summed E-state index contributed by atoms with van der Waals surface area (Å²) >= 11 is 11.8. The molecule has 1 fully saturated rings. The second kappa shape index (κ2) is 6.77. The van der Waals surface area contributed by atoms with Gasteiger partial charge in [0.15, 0.2) is 0 Å². The highest BCUT2D eigenvalue weighted by Crippen LogP contribution is 2.37. The molecule has 3 rings (SSSR count). The molecule has 1 aliphatic carbocycles. The van der Waals surface area contributed by atoms with E-state index in [0.717, 1.165) is 17.9 Å². The summed E-state index contributed by atoms with van der Waals surface area (Å²) < 4.78 is 5.03. The Morgan fingerprint density at radius 2 is 1.91 bits per heavy atom. The molecule has 0 spiro atoms. The van der Waals surface area contributed by atoms with Crippen LogP contribution < -0.4 is 10.1 Å². The van der Waals surface area contributed by atoms with E-state index in [1.54, 1.807) is 6.07 Å². The minimum absolute atomic E-state index is 0.160. The first-order valence-corrected chi connectivity index (χ1v) is 8.08. The zero-order valence-electron chi connectivity index (χ0n) is 12.6. The monoisotopic (exact) mass is 350 g/mol. The van der Waals surface area contributed by atoms with Crippen LogP contribution in [0.15, 0.2) is 36.4 Å². The summed E-state index contributed by atoms with van der Waals surface area (Å²) in [5.74, 6) is 0.635. The maximum Gasteiger partial charge on any atom is 0.251 e. The first-order valence-electron chi connectivity index (χ1n) is 7.33. The lowest BCUT2D eigenvalue weighted by Crippen LogP contribution is -2.43. The molecule has 0 radical (unpaired) electrons. The number of halogens is 2. The second-order valence-electron chi connectivity index (χ2n) is 5.61. The van der Waals surface area contributed by atoms with Gasteiger partial charge in [0.2, 0.25) is 5.88 Å². The number of methoxy groups -OCH3 is 1. The topological polar surface area (TPSA) is 51.2 Å². The quantitative estimate of drug-likeness (QED) is 0.845. The summed E-state index contributed by atoms with van der Waals surface area (Å²) in [5, 5.41) is 3.99. The Hall–Kier alpha value is -1.78. The third-order valence-electron chi connectivity index (χ3n) is 4.06. The lowest BCUT2D eigenvalue weighted by atomic mass is 9.76. The van der Waals surface area contributed by atoms with Crippen LogP contribution in [0.1, 0.15) is 34.7 Å². The van der Waals surface area contributed by atoms with Gasteiger partial charge in [-0.15, -0.1) is 0 Å². The van der Waals surface area contributed by atoms with Gasteiger partial charge in [-0.25, -0.2) is 4.98 Å². The van der Waals surface area contributed by atoms with Crippen LogP contribution in [0, 0.1) is 0 Å². The van der Waals surface area contributed by atoms with Gasteiger partial charge in [0.25, 0.3) is 5.91 Å². The average Bonchev–Trinajstić information content (AvgIpc) is 2.50. The largest absolute Gasteiger partial charge is 0.481 e. The molecule has 0 unspecified atom stereocenters. The number of benzene rings is 1. The van der Waals surface area contributed by atoms with Crippen molar-refractivity contribution in [1.29, 1.82) is 0 Å². The van der Waals surface area contributed by atoms with Crippen molar-refractivity contribution in [2.45, 2.75) is 24.8 Å². The van der Waals surface area contributed by atoms with Crippen LogP contribution in [0.25, 0.3) is 0 Å². The van der Waals surface area contributed by atoms with E-state index >= 15 is 0 Å². The number of pyridine rings is 1. The molecule has 2 aromatic rings. The molecule has 1 aromatic heterocycles. The Morgan fingerprint density at radius 1 is 1.22 bits per heavy atom. The SMILES string of the molecule is COc1cc(C(=O)NC2CC(c3ccc(Cl)cc3)C2)cc(Cl)n1. The van der Waals surface area contributed by atoms with E-state index in [-0.39, 0.29) is 17.1 Å². The van der Waals surface area contributed by atoms with E-state index in [4.69, 9.17) is 27.9 Å². The first kappa shape index (κ1) is 16.1. The van der Waals surface area contributed by atoms with Crippen LogP contribution in [-0.4, -0.2) is 24.0 Å². The van der Waals surface area contributed by atoms with E-state index in [1.165, 1.54) is 18.7 Å². The van der Waals surface area contributed by atoms with Crippen molar-refractivity contribution in [2.24, 2.45) is 0 Å². The Bertz CT molecular complexity index is 713. The maximum atomic E-state index is 12.3. The van der Waals surface area contributed by atoms with E-state index in [2.05, 4.69) is 10.3 Å². The van der Waals surface area contributed by atoms with Gasteiger partial charge in [-0.2, -0.15) is 0 Å². The fourth-order valence-corrected chi connectivity index (χ4v) is 3.05. The Labute approximate surface area is 144 Å². The summed E-state index contributed by atoms with van der Waals surface area (Å²) in [6.07, 6.45) is 1.84. The number of aromatic nitrogens is 1. The lowest BCUT2D eigenvalue weighted by molar-refractivity contribution is 0.0908. The standard InChI is InChI=1S/C17H16Cl2N2O2/c1-23-16-9-12(8-15(19)21-16)17(22)20-14-6-11(7-14)10-2-4-13(18)5-3-10/h2-5,8-9,11,14H,6-7H2,1H3,(H,20,22). The Kier molecular flexibility index (Phi) is 4.74. The van der Waals surface area contributed by atoms with Gasteiger partial charge in [-0.3, -0.25) is 4.79 Å². The van der Waals surface area contributed by atoms with Gasteiger partial charge in [-0.05, 0) is 42.5 Å². The van der Waals surface area contributed by atoms with Crippen molar-refractivity contribution in [3.05, 3.63) is 57.7 Å². The number of hydrogen-bond acceptors (Lipinski definition) is 3. The van der Waals surface area contributed by atoms with Crippen LogP contribution in [0.5, 0.6) is 5.88 Å². The van der Waals surface area contributed by atoms with Crippen LogP contribution in [-0.2, 0) is 0 Å². The molecule has 1 N–H and O–H groups in total. The molecule has 1 saturated carbocycles. The molecular formula is C17H16Cl2N2O2. The third-order valence-corrected chi connectivity index (χ3v) is 4.50. The second-order valence-corrected chi connectivity index (χ2v) is 6.43. The third kappa shape index (κ3) is 3.77. The van der Waals surface area contributed by atoms with Gasteiger partial charge in [0, 0.05) is 22.7 Å². The van der Waals surface area contributed by atoms with Crippen molar-refractivity contribution in [2.75, 3.05) is 7.11 Å². The Morgan fingerprint density at radius 3 is 2.57 bits per heavy atom. The van der Waals surface area contributed by atoms with Crippen molar-refractivity contribution in [1.82, 2.24) is 10.3 Å². The van der Waals surface area contributed by atoms with Crippen molar-refractivity contribution in [3.8, 4) is 5.88 Å². The molecule has 0 atom stereocenters. The average molecular weight is 351 g/mol. The summed E-state index contributed by atoms with van der Waals surface area (Å²) in [7, 11) is 1.49.